The highest BCUT2D eigenvalue weighted by Gasteiger charge is 2.11. The molecule has 0 aliphatic heterocycles. The van der Waals surface area contributed by atoms with Gasteiger partial charge in [-0.05, 0) is 42.5 Å². The van der Waals surface area contributed by atoms with Crippen LogP contribution in [0.3, 0.4) is 0 Å². The Morgan fingerprint density at radius 2 is 1.92 bits per heavy atom. The summed E-state index contributed by atoms with van der Waals surface area (Å²) in [6, 6.07) is 14.1. The topological polar surface area (TPSA) is 101 Å². The number of carboxylic acids is 1. The van der Waals surface area contributed by atoms with E-state index in [4.69, 9.17) is 9.52 Å². The number of furan rings is 1. The van der Waals surface area contributed by atoms with Crippen molar-refractivity contribution >= 4 is 28.6 Å². The second kappa shape index (κ2) is 6.04. The largest absolute Gasteiger partial charge is 0.475 e. The molecule has 3 heterocycles. The summed E-state index contributed by atoms with van der Waals surface area (Å²) in [6.45, 7) is 0. The highest BCUT2D eigenvalue weighted by atomic mass is 16.4. The summed E-state index contributed by atoms with van der Waals surface area (Å²) in [5.41, 5.74) is 2.69. The van der Waals surface area contributed by atoms with Crippen LogP contribution in [-0.4, -0.2) is 26.0 Å². The Kier molecular flexibility index (Phi) is 3.59. The van der Waals surface area contributed by atoms with Crippen LogP contribution >= 0.6 is 0 Å². The lowest BCUT2D eigenvalue weighted by molar-refractivity contribution is 0.0665. The zero-order valence-corrected chi connectivity index (χ0v) is 12.9. The van der Waals surface area contributed by atoms with Crippen molar-refractivity contribution in [1.29, 1.82) is 0 Å². The third-order valence-electron chi connectivity index (χ3n) is 3.57. The lowest BCUT2D eigenvalue weighted by Crippen LogP contribution is -1.98. The number of aromatic carboxylic acids is 1. The molecule has 0 aliphatic carbocycles. The molecule has 0 saturated heterocycles. The van der Waals surface area contributed by atoms with Gasteiger partial charge in [0.1, 0.15) is 5.58 Å². The molecule has 0 bridgehead atoms. The smallest absolute Gasteiger partial charge is 0.371 e. The van der Waals surface area contributed by atoms with E-state index >= 15 is 0 Å². The van der Waals surface area contributed by atoms with Crippen LogP contribution < -0.4 is 5.32 Å². The second-order valence-corrected chi connectivity index (χ2v) is 5.27. The van der Waals surface area contributed by atoms with E-state index in [1.165, 1.54) is 6.07 Å². The zero-order chi connectivity index (χ0) is 17.2. The Morgan fingerprint density at radius 1 is 1.00 bits per heavy atom. The maximum absolute atomic E-state index is 11.0. The van der Waals surface area contributed by atoms with Gasteiger partial charge in [0.2, 0.25) is 11.7 Å². The third-order valence-corrected chi connectivity index (χ3v) is 3.57. The molecule has 2 N–H and O–H groups in total. The zero-order valence-electron chi connectivity index (χ0n) is 12.9. The standard InChI is InChI=1S/C18H12N4O3/c23-17(24)16-10-11-9-12(4-5-15(11)25-16)21-18-20-8-6-14(22-18)13-3-1-2-7-19-13/h1-10H,(H,23,24)(H,20,21,22). The number of anilines is 2. The molecule has 0 atom stereocenters. The molecule has 4 aromatic rings. The van der Waals surface area contributed by atoms with Crippen molar-refractivity contribution in [3.05, 3.63) is 66.7 Å². The molecule has 0 aliphatic rings. The molecule has 1 aromatic carbocycles. The van der Waals surface area contributed by atoms with Gasteiger partial charge in [0.25, 0.3) is 0 Å². The van der Waals surface area contributed by atoms with Crippen molar-refractivity contribution in [2.75, 3.05) is 5.32 Å². The molecule has 0 fully saturated rings. The predicted octanol–water partition coefficient (Wildman–Crippen LogP) is 3.73. The summed E-state index contributed by atoms with van der Waals surface area (Å²) >= 11 is 0. The molecule has 7 nitrogen and oxygen atoms in total. The van der Waals surface area contributed by atoms with Crippen LogP contribution in [0, 0.1) is 0 Å². The van der Waals surface area contributed by atoms with Crippen LogP contribution in [0.15, 0.2) is 65.3 Å². The number of hydrogen-bond acceptors (Lipinski definition) is 6. The first-order valence-electron chi connectivity index (χ1n) is 7.47. The molecule has 4 rings (SSSR count). The van der Waals surface area contributed by atoms with Gasteiger partial charge in [-0.3, -0.25) is 4.98 Å². The SMILES string of the molecule is O=C(O)c1cc2cc(Nc3nccc(-c4ccccn4)n3)ccc2o1. The molecule has 25 heavy (non-hydrogen) atoms. The Labute approximate surface area is 142 Å². The normalized spacial score (nSPS) is 10.7. The van der Waals surface area contributed by atoms with Crippen molar-refractivity contribution in [1.82, 2.24) is 15.0 Å². The first-order chi connectivity index (χ1) is 12.2. The van der Waals surface area contributed by atoms with E-state index in [0.29, 0.717) is 22.6 Å². The molecule has 0 unspecified atom stereocenters. The number of aromatic nitrogens is 3. The maximum Gasteiger partial charge on any atom is 0.371 e. The summed E-state index contributed by atoms with van der Waals surface area (Å²) in [5, 5.41) is 12.8. The van der Waals surface area contributed by atoms with E-state index in [2.05, 4.69) is 20.3 Å². The van der Waals surface area contributed by atoms with Crippen LogP contribution in [0.1, 0.15) is 10.6 Å². The quantitative estimate of drug-likeness (QED) is 0.587. The van der Waals surface area contributed by atoms with Gasteiger partial charge in [-0.15, -0.1) is 0 Å². The van der Waals surface area contributed by atoms with E-state index in [-0.39, 0.29) is 5.76 Å². The molecule has 122 valence electrons. The number of nitrogens with one attached hydrogen (secondary N) is 1. The average Bonchev–Trinajstić information content (AvgIpc) is 3.06. The second-order valence-electron chi connectivity index (χ2n) is 5.27. The van der Waals surface area contributed by atoms with Crippen molar-refractivity contribution in [2.45, 2.75) is 0 Å². The van der Waals surface area contributed by atoms with Gasteiger partial charge in [-0.25, -0.2) is 14.8 Å². The number of fused-ring (bicyclic) bond motifs is 1. The van der Waals surface area contributed by atoms with Crippen LogP contribution in [0.25, 0.3) is 22.4 Å². The monoisotopic (exact) mass is 332 g/mol. The van der Waals surface area contributed by atoms with Crippen LogP contribution in [0.5, 0.6) is 0 Å². The maximum atomic E-state index is 11.0. The fourth-order valence-electron chi connectivity index (χ4n) is 2.43. The van der Waals surface area contributed by atoms with Crippen LogP contribution in [-0.2, 0) is 0 Å². The van der Waals surface area contributed by atoms with Crippen molar-refractivity contribution < 1.29 is 14.3 Å². The molecule has 0 amide bonds. The first kappa shape index (κ1) is 14.8. The third kappa shape index (κ3) is 3.02. The Morgan fingerprint density at radius 3 is 2.72 bits per heavy atom. The number of pyridine rings is 1. The summed E-state index contributed by atoms with van der Waals surface area (Å²) in [4.78, 5) is 23.9. The number of benzene rings is 1. The summed E-state index contributed by atoms with van der Waals surface area (Å²) in [7, 11) is 0. The van der Waals surface area contributed by atoms with Crippen molar-refractivity contribution in [2.24, 2.45) is 0 Å². The minimum absolute atomic E-state index is 0.0967. The van der Waals surface area contributed by atoms with Gasteiger partial charge in [-0.2, -0.15) is 0 Å². The molecular weight excluding hydrogens is 320 g/mol. The fraction of sp³-hybridized carbons (Fsp3) is 0. The van der Waals surface area contributed by atoms with E-state index in [1.54, 1.807) is 36.7 Å². The number of carbonyl (C=O) groups is 1. The van der Waals surface area contributed by atoms with E-state index < -0.39 is 5.97 Å². The molecule has 0 saturated carbocycles. The number of carboxylic acid groups (broad SMARTS) is 1. The molecular formula is C18H12N4O3. The van der Waals surface area contributed by atoms with Crippen molar-refractivity contribution in [3.8, 4) is 11.4 Å². The van der Waals surface area contributed by atoms with E-state index in [9.17, 15) is 4.79 Å². The Bertz CT molecular complexity index is 1060. The van der Waals surface area contributed by atoms with E-state index in [1.807, 2.05) is 18.2 Å². The highest BCUT2D eigenvalue weighted by Crippen LogP contribution is 2.25. The van der Waals surface area contributed by atoms with Gasteiger partial charge < -0.3 is 14.8 Å². The predicted molar refractivity (Wildman–Crippen MR) is 91.7 cm³/mol. The summed E-state index contributed by atoms with van der Waals surface area (Å²) < 4.78 is 5.24. The molecule has 7 heteroatoms. The number of nitrogens with zero attached hydrogens (tertiary/aromatic N) is 3. The first-order valence-corrected chi connectivity index (χ1v) is 7.47. The van der Waals surface area contributed by atoms with Crippen LogP contribution in [0.2, 0.25) is 0 Å². The van der Waals surface area contributed by atoms with Gasteiger partial charge in [0.05, 0.1) is 11.4 Å². The lowest BCUT2D eigenvalue weighted by atomic mass is 10.2. The van der Waals surface area contributed by atoms with E-state index in [0.717, 1.165) is 11.4 Å². The summed E-state index contributed by atoms with van der Waals surface area (Å²) in [5.74, 6) is -0.776. The molecule has 0 spiro atoms. The lowest BCUT2D eigenvalue weighted by Gasteiger charge is -2.06. The van der Waals surface area contributed by atoms with Crippen molar-refractivity contribution in [3.63, 3.8) is 0 Å². The van der Waals surface area contributed by atoms with Gasteiger partial charge >= 0.3 is 5.97 Å². The minimum Gasteiger partial charge on any atom is -0.475 e. The minimum atomic E-state index is -1.10. The molecule has 0 radical (unpaired) electrons. The van der Waals surface area contributed by atoms with Gasteiger partial charge in [0, 0.05) is 23.5 Å². The fourth-order valence-corrected chi connectivity index (χ4v) is 2.43. The number of rotatable bonds is 4. The van der Waals surface area contributed by atoms with Gasteiger partial charge in [0.15, 0.2) is 0 Å². The Hall–Kier alpha value is -3.74. The number of hydrogen-bond donors (Lipinski definition) is 2. The highest BCUT2D eigenvalue weighted by molar-refractivity contribution is 5.92. The van der Waals surface area contributed by atoms with Gasteiger partial charge in [-0.1, -0.05) is 6.07 Å². The average molecular weight is 332 g/mol. The summed E-state index contributed by atoms with van der Waals surface area (Å²) in [6.07, 6.45) is 3.36. The Balaban J connectivity index is 1.64. The molecule has 3 aromatic heterocycles. The van der Waals surface area contributed by atoms with Crippen LogP contribution in [0.4, 0.5) is 11.6 Å².